The van der Waals surface area contributed by atoms with Gasteiger partial charge >= 0.3 is 0 Å². The predicted octanol–water partition coefficient (Wildman–Crippen LogP) is 4.65. The molecular formula is C22H23N3O2S2. The summed E-state index contributed by atoms with van der Waals surface area (Å²) in [4.78, 5) is 13.9. The highest BCUT2D eigenvalue weighted by Crippen LogP contribution is 2.30. The molecule has 2 aliphatic rings. The number of thioether (sulfide) groups is 1. The zero-order valence-electron chi connectivity index (χ0n) is 16.2. The third-order valence-electron chi connectivity index (χ3n) is 5.62. The smallest absolute Gasteiger partial charge is 0.192 e. The van der Waals surface area contributed by atoms with Crippen molar-refractivity contribution < 1.29 is 9.53 Å². The van der Waals surface area contributed by atoms with Crippen LogP contribution in [0.25, 0.3) is 10.7 Å². The zero-order valence-corrected chi connectivity index (χ0v) is 17.8. The molecule has 1 saturated heterocycles. The van der Waals surface area contributed by atoms with Gasteiger partial charge in [0.05, 0.1) is 23.3 Å². The maximum atomic E-state index is 12.8. The number of nitrogens with zero attached hydrogens (tertiary/aromatic N) is 3. The number of hydrogen-bond donors (Lipinski definition) is 0. The molecule has 5 rings (SSSR count). The standard InChI is InChI=1S/C22H23N3O2S2/c26-19(17-9-8-15-4-1-5-16(15)12-17)14-29-22-24-23-21(20-7-3-11-28-20)25(22)13-18-6-2-10-27-18/h3,7-9,11-12,18H,1-2,4-6,10,13-14H2. The van der Waals surface area contributed by atoms with Crippen LogP contribution in [0.5, 0.6) is 0 Å². The van der Waals surface area contributed by atoms with Crippen LogP contribution in [0.15, 0.2) is 40.9 Å². The second-order valence-corrected chi connectivity index (χ2v) is 9.47. The number of Topliss-reactive ketones (excluding diaryl/α,β-unsaturated/α-hetero) is 1. The molecule has 0 amide bonds. The molecule has 1 aliphatic heterocycles. The topological polar surface area (TPSA) is 57.0 Å². The molecular weight excluding hydrogens is 402 g/mol. The first-order valence-electron chi connectivity index (χ1n) is 10.1. The van der Waals surface area contributed by atoms with Crippen molar-refractivity contribution >= 4 is 28.9 Å². The first-order chi connectivity index (χ1) is 14.3. The van der Waals surface area contributed by atoms with Crippen LogP contribution in [0.1, 0.15) is 40.7 Å². The second kappa shape index (κ2) is 8.42. The number of thiophene rings is 1. The Hall–Kier alpha value is -1.96. The molecule has 29 heavy (non-hydrogen) atoms. The molecule has 1 aliphatic carbocycles. The van der Waals surface area contributed by atoms with E-state index in [0.717, 1.165) is 60.3 Å². The van der Waals surface area contributed by atoms with Gasteiger partial charge in [-0.25, -0.2) is 0 Å². The van der Waals surface area contributed by atoms with Crippen molar-refractivity contribution in [3.63, 3.8) is 0 Å². The molecule has 2 aromatic heterocycles. The van der Waals surface area contributed by atoms with Crippen molar-refractivity contribution in [2.24, 2.45) is 0 Å². The van der Waals surface area contributed by atoms with E-state index in [4.69, 9.17) is 4.74 Å². The average Bonchev–Trinajstić information content (AvgIpc) is 3.53. The summed E-state index contributed by atoms with van der Waals surface area (Å²) in [6.45, 7) is 1.55. The molecule has 0 bridgehead atoms. The normalized spacial score (nSPS) is 18.3. The van der Waals surface area contributed by atoms with Gasteiger partial charge in [0.15, 0.2) is 16.8 Å². The SMILES string of the molecule is O=C(CSc1nnc(-c2cccs2)n1CC1CCCO1)c1ccc2c(c1)CCC2. The minimum atomic E-state index is 0.147. The molecule has 1 atom stereocenters. The Labute approximate surface area is 178 Å². The highest BCUT2D eigenvalue weighted by atomic mass is 32.2. The molecule has 3 heterocycles. The van der Waals surface area contributed by atoms with Gasteiger partial charge in [0, 0.05) is 12.2 Å². The fourth-order valence-corrected chi connectivity index (χ4v) is 5.66. The van der Waals surface area contributed by atoms with E-state index < -0.39 is 0 Å². The zero-order chi connectivity index (χ0) is 19.6. The van der Waals surface area contributed by atoms with E-state index in [1.54, 1.807) is 11.3 Å². The molecule has 3 aromatic rings. The van der Waals surface area contributed by atoms with Gasteiger partial charge in [-0.15, -0.1) is 21.5 Å². The van der Waals surface area contributed by atoms with Crippen LogP contribution in [-0.2, 0) is 24.1 Å². The molecule has 150 valence electrons. The van der Waals surface area contributed by atoms with E-state index >= 15 is 0 Å². The van der Waals surface area contributed by atoms with Gasteiger partial charge in [-0.1, -0.05) is 30.0 Å². The third kappa shape index (κ3) is 4.04. The summed E-state index contributed by atoms with van der Waals surface area (Å²) in [5.74, 6) is 1.38. The summed E-state index contributed by atoms with van der Waals surface area (Å²) < 4.78 is 7.97. The fourth-order valence-electron chi connectivity index (χ4n) is 4.10. The van der Waals surface area contributed by atoms with Gasteiger partial charge in [0.1, 0.15) is 0 Å². The van der Waals surface area contributed by atoms with Gasteiger partial charge in [0.25, 0.3) is 0 Å². The quantitative estimate of drug-likeness (QED) is 0.407. The van der Waals surface area contributed by atoms with Crippen LogP contribution in [0.2, 0.25) is 0 Å². The van der Waals surface area contributed by atoms with Crippen molar-refractivity contribution in [3.05, 3.63) is 52.4 Å². The first-order valence-corrected chi connectivity index (χ1v) is 12.0. The Kier molecular flexibility index (Phi) is 5.52. The van der Waals surface area contributed by atoms with E-state index in [1.807, 2.05) is 17.5 Å². The summed E-state index contributed by atoms with van der Waals surface area (Å²) >= 11 is 3.13. The van der Waals surface area contributed by atoms with Crippen LogP contribution >= 0.6 is 23.1 Å². The van der Waals surface area contributed by atoms with Crippen molar-refractivity contribution in [1.29, 1.82) is 0 Å². The molecule has 0 N–H and O–H groups in total. The number of carbonyl (C=O) groups is 1. The largest absolute Gasteiger partial charge is 0.376 e. The Balaban J connectivity index is 1.34. The lowest BCUT2D eigenvalue weighted by Gasteiger charge is -2.14. The summed E-state index contributed by atoms with van der Waals surface area (Å²) in [7, 11) is 0. The second-order valence-electron chi connectivity index (χ2n) is 7.58. The van der Waals surface area contributed by atoms with Crippen molar-refractivity contribution in [1.82, 2.24) is 14.8 Å². The van der Waals surface area contributed by atoms with Gasteiger partial charge in [-0.2, -0.15) is 0 Å². The van der Waals surface area contributed by atoms with E-state index in [1.165, 1.54) is 29.3 Å². The lowest BCUT2D eigenvalue weighted by atomic mass is 10.0. The fraction of sp³-hybridized carbons (Fsp3) is 0.409. The first kappa shape index (κ1) is 19.0. The number of rotatable bonds is 7. The summed E-state index contributed by atoms with van der Waals surface area (Å²) in [5, 5.41) is 11.7. The molecule has 1 aromatic carbocycles. The molecule has 7 heteroatoms. The van der Waals surface area contributed by atoms with E-state index in [9.17, 15) is 4.79 Å². The maximum Gasteiger partial charge on any atom is 0.192 e. The molecule has 0 saturated carbocycles. The monoisotopic (exact) mass is 425 g/mol. The molecule has 0 radical (unpaired) electrons. The van der Waals surface area contributed by atoms with Gasteiger partial charge in [0.2, 0.25) is 0 Å². The average molecular weight is 426 g/mol. The van der Waals surface area contributed by atoms with E-state index in [2.05, 4.69) is 33.0 Å². The van der Waals surface area contributed by atoms with Gasteiger partial charge < -0.3 is 4.74 Å². The highest BCUT2D eigenvalue weighted by Gasteiger charge is 2.23. The van der Waals surface area contributed by atoms with Crippen molar-refractivity contribution in [3.8, 4) is 10.7 Å². The summed E-state index contributed by atoms with van der Waals surface area (Å²) in [6.07, 6.45) is 5.76. The molecule has 0 spiro atoms. The molecule has 1 unspecified atom stereocenters. The van der Waals surface area contributed by atoms with E-state index in [-0.39, 0.29) is 11.9 Å². The number of ketones is 1. The lowest BCUT2D eigenvalue weighted by Crippen LogP contribution is -2.17. The van der Waals surface area contributed by atoms with Crippen molar-refractivity contribution in [2.45, 2.75) is 49.9 Å². The number of ether oxygens (including phenoxy) is 1. The maximum absolute atomic E-state index is 12.8. The summed E-state index contributed by atoms with van der Waals surface area (Å²) in [6, 6.07) is 10.3. The van der Waals surface area contributed by atoms with Crippen LogP contribution in [0.4, 0.5) is 0 Å². The predicted molar refractivity (Wildman–Crippen MR) is 116 cm³/mol. The number of aryl methyl sites for hydroxylation is 2. The minimum Gasteiger partial charge on any atom is -0.376 e. The van der Waals surface area contributed by atoms with Crippen LogP contribution in [0.3, 0.4) is 0 Å². The van der Waals surface area contributed by atoms with Gasteiger partial charge in [-0.05, 0) is 60.7 Å². The van der Waals surface area contributed by atoms with E-state index in [0.29, 0.717) is 5.75 Å². The van der Waals surface area contributed by atoms with Gasteiger partial charge in [-0.3, -0.25) is 9.36 Å². The third-order valence-corrected chi connectivity index (χ3v) is 7.45. The number of hydrogen-bond acceptors (Lipinski definition) is 6. The van der Waals surface area contributed by atoms with Crippen LogP contribution in [-0.4, -0.2) is 39.0 Å². The Morgan fingerprint density at radius 3 is 2.97 bits per heavy atom. The highest BCUT2D eigenvalue weighted by molar-refractivity contribution is 7.99. The number of benzene rings is 1. The minimum absolute atomic E-state index is 0.147. The number of fused-ring (bicyclic) bond motifs is 1. The lowest BCUT2D eigenvalue weighted by molar-refractivity contribution is 0.0953. The Morgan fingerprint density at radius 2 is 2.14 bits per heavy atom. The number of aromatic nitrogens is 3. The molecule has 1 fully saturated rings. The van der Waals surface area contributed by atoms with Crippen LogP contribution < -0.4 is 0 Å². The Bertz CT molecular complexity index is 1010. The number of carbonyl (C=O) groups excluding carboxylic acids is 1. The summed E-state index contributed by atoms with van der Waals surface area (Å²) in [5.41, 5.74) is 3.54. The van der Waals surface area contributed by atoms with Crippen LogP contribution in [0, 0.1) is 0 Å². The van der Waals surface area contributed by atoms with Crippen molar-refractivity contribution in [2.75, 3.05) is 12.4 Å². The Morgan fingerprint density at radius 1 is 1.21 bits per heavy atom. The molecule has 5 nitrogen and oxygen atoms in total.